The highest BCUT2D eigenvalue weighted by molar-refractivity contribution is 6.01. The van der Waals surface area contributed by atoms with Crippen molar-refractivity contribution in [2.24, 2.45) is 0 Å². The number of aryl methyl sites for hydroxylation is 1. The molecule has 0 radical (unpaired) electrons. The monoisotopic (exact) mass is 457 g/mol. The van der Waals surface area contributed by atoms with Crippen LogP contribution in [0.2, 0.25) is 0 Å². The Bertz CT molecular complexity index is 1260. The Morgan fingerprint density at radius 3 is 2.55 bits per heavy atom. The molecule has 0 bridgehead atoms. The van der Waals surface area contributed by atoms with Crippen molar-refractivity contribution in [2.75, 3.05) is 11.4 Å². The topological polar surface area (TPSA) is 112 Å². The minimum Gasteiger partial charge on any atom is -0.505 e. The number of hydrogen-bond donors (Lipinski definition) is 3. The van der Waals surface area contributed by atoms with Gasteiger partial charge in [0, 0.05) is 30.9 Å². The second kappa shape index (κ2) is 9.94. The maximum absolute atomic E-state index is 14.3. The van der Waals surface area contributed by atoms with Crippen molar-refractivity contribution in [3.63, 3.8) is 0 Å². The number of carboxylic acid groups (broad SMARTS) is 1. The Morgan fingerprint density at radius 1 is 1.12 bits per heavy atom. The largest absolute Gasteiger partial charge is 0.505 e. The first kappa shape index (κ1) is 23.5. The Morgan fingerprint density at radius 2 is 1.88 bits per heavy atom. The highest BCUT2D eigenvalue weighted by Gasteiger charge is 2.25. The second-order valence-electron chi connectivity index (χ2n) is 7.03. The van der Waals surface area contributed by atoms with Crippen molar-refractivity contribution in [3.8, 4) is 16.9 Å². The molecule has 0 unspecified atom stereocenters. The predicted octanol–water partition coefficient (Wildman–Crippen LogP) is 3.84. The van der Waals surface area contributed by atoms with Crippen LogP contribution in [0, 0.1) is 11.6 Å². The SMILES string of the molecule is CCn1ccc(O)c(N(C(=O)NCCC(=O)O)c2cccc(-c3ccc(F)cc3F)c2)c1=O. The molecule has 3 rings (SSSR count). The van der Waals surface area contributed by atoms with Gasteiger partial charge in [-0.1, -0.05) is 12.1 Å². The lowest BCUT2D eigenvalue weighted by Gasteiger charge is -2.24. The molecule has 0 saturated heterocycles. The van der Waals surface area contributed by atoms with E-state index in [4.69, 9.17) is 5.11 Å². The number of carbonyl (C=O) groups is 2. The summed E-state index contributed by atoms with van der Waals surface area (Å²) in [7, 11) is 0. The van der Waals surface area contributed by atoms with Crippen LogP contribution >= 0.6 is 0 Å². The Labute approximate surface area is 187 Å². The third-order valence-electron chi connectivity index (χ3n) is 4.85. The molecule has 1 heterocycles. The van der Waals surface area contributed by atoms with E-state index < -0.39 is 34.9 Å². The van der Waals surface area contributed by atoms with Crippen molar-refractivity contribution >= 4 is 23.4 Å². The molecule has 8 nitrogen and oxygen atoms in total. The minimum atomic E-state index is -1.13. The molecule has 3 N–H and O–H groups in total. The molecular weight excluding hydrogens is 436 g/mol. The summed E-state index contributed by atoms with van der Waals surface area (Å²) < 4.78 is 28.9. The highest BCUT2D eigenvalue weighted by atomic mass is 19.1. The van der Waals surface area contributed by atoms with Crippen LogP contribution in [-0.4, -0.2) is 33.3 Å². The zero-order valence-electron chi connectivity index (χ0n) is 17.6. The number of urea groups is 1. The van der Waals surface area contributed by atoms with E-state index in [0.29, 0.717) is 5.56 Å². The smallest absolute Gasteiger partial charge is 0.326 e. The fourth-order valence-corrected chi connectivity index (χ4v) is 3.25. The standard InChI is InChI=1S/C23H21F2N3O5/c1-2-27-11-9-19(29)21(22(27)32)28(23(33)26-10-8-20(30)31)16-5-3-4-14(12-16)17-7-6-15(24)13-18(17)25/h3-7,9,11-13,29H,2,8,10H2,1H3,(H,26,33)(H,30,31). The molecule has 0 aliphatic rings. The van der Waals surface area contributed by atoms with Gasteiger partial charge in [0.15, 0.2) is 5.69 Å². The van der Waals surface area contributed by atoms with Gasteiger partial charge in [0.1, 0.15) is 17.4 Å². The normalized spacial score (nSPS) is 10.6. The first-order chi connectivity index (χ1) is 15.7. The molecule has 0 atom stereocenters. The summed E-state index contributed by atoms with van der Waals surface area (Å²) in [5.41, 5.74) is -0.564. The minimum absolute atomic E-state index is 0.0627. The van der Waals surface area contributed by atoms with E-state index in [2.05, 4.69) is 5.32 Å². The van der Waals surface area contributed by atoms with Gasteiger partial charge in [-0.05, 0) is 42.8 Å². The summed E-state index contributed by atoms with van der Waals surface area (Å²) in [5, 5.41) is 21.7. The summed E-state index contributed by atoms with van der Waals surface area (Å²) in [4.78, 5) is 37.7. The highest BCUT2D eigenvalue weighted by Crippen LogP contribution is 2.33. The average Bonchev–Trinajstić information content (AvgIpc) is 2.76. The van der Waals surface area contributed by atoms with Gasteiger partial charge in [0.2, 0.25) is 0 Å². The average molecular weight is 457 g/mol. The van der Waals surface area contributed by atoms with E-state index >= 15 is 0 Å². The third-order valence-corrected chi connectivity index (χ3v) is 4.85. The first-order valence-corrected chi connectivity index (χ1v) is 10.0. The number of aromatic hydroxyl groups is 1. The van der Waals surface area contributed by atoms with Crippen molar-refractivity contribution in [2.45, 2.75) is 19.9 Å². The molecular formula is C23H21F2N3O5. The molecule has 0 aliphatic carbocycles. The number of amides is 2. The zero-order valence-corrected chi connectivity index (χ0v) is 17.6. The summed E-state index contributed by atoms with van der Waals surface area (Å²) in [5.74, 6) is -3.18. The van der Waals surface area contributed by atoms with Crippen LogP contribution < -0.4 is 15.8 Å². The first-order valence-electron chi connectivity index (χ1n) is 10.0. The predicted molar refractivity (Wildman–Crippen MR) is 118 cm³/mol. The number of halogens is 2. The lowest BCUT2D eigenvalue weighted by atomic mass is 10.0. The number of benzene rings is 2. The molecule has 0 fully saturated rings. The van der Waals surface area contributed by atoms with Crippen LogP contribution in [0.5, 0.6) is 5.75 Å². The molecule has 1 aromatic heterocycles. The molecule has 33 heavy (non-hydrogen) atoms. The Hall–Kier alpha value is -4.21. The summed E-state index contributed by atoms with van der Waals surface area (Å²) in [6.07, 6.45) is 1.01. The number of nitrogens with one attached hydrogen (secondary N) is 1. The molecule has 2 amide bonds. The van der Waals surface area contributed by atoms with E-state index in [-0.39, 0.29) is 36.4 Å². The van der Waals surface area contributed by atoms with Crippen LogP contribution in [0.4, 0.5) is 25.0 Å². The van der Waals surface area contributed by atoms with Crippen LogP contribution in [0.3, 0.4) is 0 Å². The van der Waals surface area contributed by atoms with Crippen molar-refractivity contribution in [3.05, 3.63) is 76.7 Å². The molecule has 10 heteroatoms. The Kier molecular flexibility index (Phi) is 7.07. The number of aromatic nitrogens is 1. The lowest BCUT2D eigenvalue weighted by molar-refractivity contribution is -0.136. The Balaban J connectivity index is 2.14. The van der Waals surface area contributed by atoms with Gasteiger partial charge in [0.25, 0.3) is 5.56 Å². The fraction of sp³-hybridized carbons (Fsp3) is 0.174. The molecule has 3 aromatic rings. The van der Waals surface area contributed by atoms with Gasteiger partial charge >= 0.3 is 12.0 Å². The van der Waals surface area contributed by atoms with Crippen molar-refractivity contribution in [1.82, 2.24) is 9.88 Å². The quantitative estimate of drug-likeness (QED) is 0.499. The van der Waals surface area contributed by atoms with Crippen LogP contribution in [-0.2, 0) is 11.3 Å². The van der Waals surface area contributed by atoms with Crippen LogP contribution in [0.25, 0.3) is 11.1 Å². The maximum atomic E-state index is 14.3. The lowest BCUT2D eigenvalue weighted by Crippen LogP contribution is -2.41. The fourth-order valence-electron chi connectivity index (χ4n) is 3.25. The van der Waals surface area contributed by atoms with E-state index in [1.165, 1.54) is 47.2 Å². The van der Waals surface area contributed by atoms with Gasteiger partial charge in [0.05, 0.1) is 12.1 Å². The number of anilines is 2. The summed E-state index contributed by atoms with van der Waals surface area (Å²) in [6, 6.07) is 9.34. The van der Waals surface area contributed by atoms with Gasteiger partial charge in [-0.25, -0.2) is 13.6 Å². The summed E-state index contributed by atoms with van der Waals surface area (Å²) >= 11 is 0. The van der Waals surface area contributed by atoms with Crippen molar-refractivity contribution < 1.29 is 28.6 Å². The maximum Gasteiger partial charge on any atom is 0.326 e. The number of carbonyl (C=O) groups excluding carboxylic acids is 1. The molecule has 0 saturated carbocycles. The number of rotatable bonds is 7. The molecule has 172 valence electrons. The van der Waals surface area contributed by atoms with Gasteiger partial charge in [-0.2, -0.15) is 0 Å². The van der Waals surface area contributed by atoms with E-state index in [9.17, 15) is 28.3 Å². The van der Waals surface area contributed by atoms with Crippen molar-refractivity contribution in [1.29, 1.82) is 0 Å². The number of pyridine rings is 1. The van der Waals surface area contributed by atoms with E-state index in [0.717, 1.165) is 17.0 Å². The number of hydrogen-bond acceptors (Lipinski definition) is 4. The number of carboxylic acids is 1. The zero-order chi connectivity index (χ0) is 24.1. The van der Waals surface area contributed by atoms with Crippen LogP contribution in [0.1, 0.15) is 13.3 Å². The molecule has 0 spiro atoms. The van der Waals surface area contributed by atoms with E-state index in [1.807, 2.05) is 0 Å². The third kappa shape index (κ3) is 5.17. The van der Waals surface area contributed by atoms with Crippen LogP contribution in [0.15, 0.2) is 59.5 Å². The molecule has 0 aliphatic heterocycles. The number of aliphatic carboxylic acids is 1. The van der Waals surface area contributed by atoms with Gasteiger partial charge < -0.3 is 20.1 Å². The van der Waals surface area contributed by atoms with Gasteiger partial charge in [-0.3, -0.25) is 14.5 Å². The molecule has 2 aromatic carbocycles. The summed E-state index contributed by atoms with van der Waals surface area (Å²) in [6.45, 7) is 1.74. The number of nitrogens with zero attached hydrogens (tertiary/aromatic N) is 2. The van der Waals surface area contributed by atoms with E-state index in [1.54, 1.807) is 6.92 Å². The second-order valence-corrected chi connectivity index (χ2v) is 7.03. The van der Waals surface area contributed by atoms with Gasteiger partial charge in [-0.15, -0.1) is 0 Å².